The number of thiophene rings is 1. The van der Waals surface area contributed by atoms with Crippen molar-refractivity contribution >= 4 is 52.3 Å². The maximum Gasteiger partial charge on any atom is 0.255 e. The van der Waals surface area contributed by atoms with Crippen molar-refractivity contribution < 1.29 is 19.2 Å². The van der Waals surface area contributed by atoms with Crippen LogP contribution in [0.15, 0.2) is 47.5 Å². The molecule has 6 heterocycles. The fourth-order valence-corrected chi connectivity index (χ4v) is 9.41. The van der Waals surface area contributed by atoms with Gasteiger partial charge in [0.15, 0.2) is 5.82 Å². The van der Waals surface area contributed by atoms with Gasteiger partial charge in [0.1, 0.15) is 22.9 Å². The summed E-state index contributed by atoms with van der Waals surface area (Å²) in [5.41, 5.74) is 6.73. The van der Waals surface area contributed by atoms with Gasteiger partial charge < -0.3 is 15.1 Å². The van der Waals surface area contributed by atoms with E-state index in [9.17, 15) is 19.2 Å². The highest BCUT2D eigenvalue weighted by Gasteiger charge is 2.39. The Labute approximate surface area is 316 Å². The normalized spacial score (nSPS) is 20.4. The largest absolute Gasteiger partial charge is 0.355 e. The number of imide groups is 1. The fraction of sp³-hybridized carbons (Fsp3) is 0.410. The topological polar surface area (TPSA) is 142 Å². The van der Waals surface area contributed by atoms with Crippen molar-refractivity contribution in [2.75, 3.05) is 26.2 Å². The molecule has 2 aromatic heterocycles. The second-order valence-corrected chi connectivity index (χ2v) is 16.0. The van der Waals surface area contributed by atoms with Crippen LogP contribution in [0.5, 0.6) is 0 Å². The molecule has 0 spiro atoms. The molecule has 2 atom stereocenters. The number of aryl methyl sites for hydroxylation is 2. The van der Waals surface area contributed by atoms with Gasteiger partial charge in [-0.2, -0.15) is 0 Å². The van der Waals surface area contributed by atoms with E-state index in [0.29, 0.717) is 41.8 Å². The van der Waals surface area contributed by atoms with E-state index >= 15 is 0 Å². The number of hydrogen-bond donors (Lipinski definition) is 2. The van der Waals surface area contributed by atoms with Crippen LogP contribution in [-0.4, -0.2) is 86.1 Å². The van der Waals surface area contributed by atoms with E-state index in [-0.39, 0.29) is 30.6 Å². The first-order valence-corrected chi connectivity index (χ1v) is 19.4. The van der Waals surface area contributed by atoms with Gasteiger partial charge in [0.2, 0.25) is 17.7 Å². The van der Waals surface area contributed by atoms with Gasteiger partial charge in [0, 0.05) is 52.6 Å². The molecule has 0 bridgehead atoms. The number of benzene rings is 2. The average molecular weight is 753 g/mol. The van der Waals surface area contributed by atoms with Crippen LogP contribution in [0.2, 0.25) is 5.02 Å². The molecule has 4 aromatic rings. The number of likely N-dealkylation sites (tertiary alicyclic amines) is 1. The van der Waals surface area contributed by atoms with Crippen molar-refractivity contribution in [1.29, 1.82) is 0 Å². The summed E-state index contributed by atoms with van der Waals surface area (Å²) in [6.45, 7) is 9.61. The molecule has 0 saturated carbocycles. The molecule has 14 heteroatoms. The first-order valence-electron chi connectivity index (χ1n) is 18.2. The zero-order valence-electron chi connectivity index (χ0n) is 29.9. The highest BCUT2D eigenvalue weighted by molar-refractivity contribution is 7.15. The van der Waals surface area contributed by atoms with Gasteiger partial charge in [-0.15, -0.1) is 21.5 Å². The summed E-state index contributed by atoms with van der Waals surface area (Å²) in [6, 6.07) is 12.6. The number of amides is 4. The quantitative estimate of drug-likeness (QED) is 0.243. The third kappa shape index (κ3) is 6.70. The third-order valence-corrected chi connectivity index (χ3v) is 12.5. The second-order valence-electron chi connectivity index (χ2n) is 14.4. The first-order chi connectivity index (χ1) is 25.5. The minimum absolute atomic E-state index is 0.0894. The van der Waals surface area contributed by atoms with Crippen molar-refractivity contribution in [3.8, 4) is 5.00 Å². The lowest BCUT2D eigenvalue weighted by atomic mass is 9.88. The second kappa shape index (κ2) is 14.3. The van der Waals surface area contributed by atoms with Crippen LogP contribution in [0, 0.1) is 20.8 Å². The number of carbonyl (C=O) groups is 4. The van der Waals surface area contributed by atoms with E-state index < -0.39 is 18.0 Å². The van der Waals surface area contributed by atoms with E-state index in [1.165, 1.54) is 10.4 Å². The van der Waals surface area contributed by atoms with E-state index in [0.717, 1.165) is 71.3 Å². The first kappa shape index (κ1) is 35.3. The summed E-state index contributed by atoms with van der Waals surface area (Å²) >= 11 is 7.93. The van der Waals surface area contributed by atoms with Crippen LogP contribution >= 0.6 is 22.9 Å². The van der Waals surface area contributed by atoms with Crippen LogP contribution < -0.4 is 10.6 Å². The molecule has 2 saturated heterocycles. The van der Waals surface area contributed by atoms with Gasteiger partial charge in [0.25, 0.3) is 5.91 Å². The Balaban J connectivity index is 0.882. The number of halogens is 1. The van der Waals surface area contributed by atoms with Gasteiger partial charge >= 0.3 is 0 Å². The van der Waals surface area contributed by atoms with Gasteiger partial charge in [-0.25, -0.2) is 0 Å². The standard InChI is InChI=1S/C39H41ClN8O4S/c1-21-22(2)53-39-34(21)35(25-4-7-28(40)8-5-25)42-30(36-45-44-23(3)48(36)39)19-33(50)41-14-17-46-15-12-24(13-16-46)26-6-9-29-27(18-26)20-47(38(29)52)31-10-11-32(49)43-37(31)51/h4-9,18,24,30-31H,10-17,19-20H2,1-3H3,(H,41,50)(H,43,49,51)/t30-,31?/m0/s1. The smallest absolute Gasteiger partial charge is 0.255 e. The number of carbonyl (C=O) groups excluding carboxylic acids is 4. The summed E-state index contributed by atoms with van der Waals surface area (Å²) in [5.74, 6) is 0.860. The van der Waals surface area contributed by atoms with E-state index in [1.807, 2.05) is 43.3 Å². The lowest BCUT2D eigenvalue weighted by Gasteiger charge is -2.32. The highest BCUT2D eigenvalue weighted by atomic mass is 35.5. The maximum atomic E-state index is 13.5. The maximum absolute atomic E-state index is 13.5. The summed E-state index contributed by atoms with van der Waals surface area (Å²) < 4.78 is 2.06. The molecule has 2 fully saturated rings. The predicted octanol–water partition coefficient (Wildman–Crippen LogP) is 4.95. The molecule has 0 radical (unpaired) electrons. The summed E-state index contributed by atoms with van der Waals surface area (Å²) in [7, 11) is 0. The molecular weight excluding hydrogens is 712 g/mol. The highest BCUT2D eigenvalue weighted by Crippen LogP contribution is 2.40. The minimum atomic E-state index is -0.612. The molecule has 8 rings (SSSR count). The molecule has 12 nitrogen and oxygen atoms in total. The van der Waals surface area contributed by atoms with Gasteiger partial charge in [0.05, 0.1) is 12.1 Å². The molecule has 53 heavy (non-hydrogen) atoms. The fourth-order valence-electron chi connectivity index (χ4n) is 8.07. The number of fused-ring (bicyclic) bond motifs is 4. The predicted molar refractivity (Wildman–Crippen MR) is 202 cm³/mol. The number of aliphatic imine (C=N–C) groups is 1. The van der Waals surface area contributed by atoms with Crippen LogP contribution in [0.25, 0.3) is 5.00 Å². The zero-order valence-corrected chi connectivity index (χ0v) is 31.5. The molecule has 2 N–H and O–H groups in total. The van der Waals surface area contributed by atoms with Crippen LogP contribution in [-0.2, 0) is 20.9 Å². The summed E-state index contributed by atoms with van der Waals surface area (Å²) in [6.07, 6.45) is 2.69. The average Bonchev–Trinajstić information content (AvgIpc) is 3.75. The van der Waals surface area contributed by atoms with Crippen molar-refractivity contribution in [3.05, 3.63) is 97.4 Å². The number of piperidine rings is 2. The van der Waals surface area contributed by atoms with Crippen LogP contribution in [0.1, 0.15) is 98.8 Å². The Morgan fingerprint density at radius 3 is 2.55 bits per heavy atom. The zero-order chi connectivity index (χ0) is 37.0. The van der Waals surface area contributed by atoms with Crippen LogP contribution in [0.4, 0.5) is 0 Å². The lowest BCUT2D eigenvalue weighted by Crippen LogP contribution is -2.52. The van der Waals surface area contributed by atoms with Gasteiger partial charge in [-0.3, -0.25) is 34.1 Å². The SMILES string of the molecule is Cc1sc2c(c1C)C(c1ccc(Cl)cc1)=N[C@@H](CC(=O)NCCN1CCC(c3ccc4c(c3)CN(C3CCC(=O)NC3=O)C4=O)CC1)c1nnc(C)n1-2. The molecule has 274 valence electrons. The molecule has 4 amide bonds. The Bertz CT molecular complexity index is 2170. The number of nitrogens with one attached hydrogen (secondary N) is 2. The molecule has 0 aliphatic carbocycles. The Kier molecular flexibility index (Phi) is 9.50. The van der Waals surface area contributed by atoms with E-state index in [4.69, 9.17) is 16.6 Å². The third-order valence-electron chi connectivity index (χ3n) is 11.1. The van der Waals surface area contributed by atoms with Crippen molar-refractivity contribution in [2.45, 2.75) is 77.4 Å². The molecule has 2 aromatic carbocycles. The molecule has 4 aliphatic rings. The Hall–Kier alpha value is -4.72. The number of nitrogens with zero attached hydrogens (tertiary/aromatic N) is 6. The monoisotopic (exact) mass is 752 g/mol. The molecule has 1 unspecified atom stereocenters. The molecular formula is C39H41ClN8O4S. The Morgan fingerprint density at radius 1 is 1.02 bits per heavy atom. The summed E-state index contributed by atoms with van der Waals surface area (Å²) in [4.78, 5) is 61.1. The van der Waals surface area contributed by atoms with Gasteiger partial charge in [-0.05, 0) is 93.9 Å². The lowest BCUT2D eigenvalue weighted by molar-refractivity contribution is -0.137. The summed E-state index contributed by atoms with van der Waals surface area (Å²) in [5, 5.41) is 16.1. The minimum Gasteiger partial charge on any atom is -0.355 e. The number of hydrogen-bond acceptors (Lipinski definition) is 9. The Morgan fingerprint density at radius 2 is 1.79 bits per heavy atom. The van der Waals surface area contributed by atoms with Crippen molar-refractivity contribution in [2.24, 2.45) is 4.99 Å². The van der Waals surface area contributed by atoms with Crippen molar-refractivity contribution in [3.63, 3.8) is 0 Å². The number of aromatic nitrogens is 3. The van der Waals surface area contributed by atoms with E-state index in [1.54, 1.807) is 16.2 Å². The number of rotatable bonds is 8. The van der Waals surface area contributed by atoms with Crippen molar-refractivity contribution in [1.82, 2.24) is 35.2 Å². The van der Waals surface area contributed by atoms with Gasteiger partial charge in [-0.1, -0.05) is 35.9 Å². The molecule has 4 aliphatic heterocycles. The van der Waals surface area contributed by atoms with Crippen LogP contribution in [0.3, 0.4) is 0 Å². The van der Waals surface area contributed by atoms with E-state index in [2.05, 4.69) is 50.2 Å².